The van der Waals surface area contributed by atoms with Gasteiger partial charge in [-0.3, -0.25) is 9.59 Å². The minimum Gasteiger partial charge on any atom is -0.481 e. The lowest BCUT2D eigenvalue weighted by molar-refractivity contribution is -0.175. The zero-order valence-electron chi connectivity index (χ0n) is 19.8. The van der Waals surface area contributed by atoms with Gasteiger partial charge in [-0.05, 0) is 80.3 Å². The Balaban J connectivity index is 1.41. The third kappa shape index (κ3) is 3.01. The van der Waals surface area contributed by atoms with E-state index in [1.807, 2.05) is 13.0 Å². The molecule has 2 fully saturated rings. The molecule has 4 nitrogen and oxygen atoms in total. The Hall–Kier alpha value is -2.10. The van der Waals surface area contributed by atoms with Crippen molar-refractivity contribution in [2.75, 3.05) is 13.1 Å². The molecule has 172 valence electrons. The smallest absolute Gasteiger partial charge is 0.309 e. The molecule has 0 bridgehead atoms. The van der Waals surface area contributed by atoms with E-state index in [9.17, 15) is 14.7 Å². The Morgan fingerprint density at radius 1 is 1.06 bits per heavy atom. The van der Waals surface area contributed by atoms with E-state index in [1.165, 1.54) is 11.1 Å². The predicted octanol–water partition coefficient (Wildman–Crippen LogP) is 5.48. The van der Waals surface area contributed by atoms with E-state index < -0.39 is 11.4 Å². The Kier molecular flexibility index (Phi) is 5.07. The van der Waals surface area contributed by atoms with Gasteiger partial charge in [0.1, 0.15) is 0 Å². The van der Waals surface area contributed by atoms with Gasteiger partial charge in [-0.2, -0.15) is 0 Å². The minimum absolute atomic E-state index is 0.00530. The van der Waals surface area contributed by atoms with Gasteiger partial charge < -0.3 is 10.0 Å². The van der Waals surface area contributed by atoms with Gasteiger partial charge >= 0.3 is 5.97 Å². The molecular formula is C28H37NO3. The first-order valence-corrected chi connectivity index (χ1v) is 12.5. The highest BCUT2D eigenvalue weighted by atomic mass is 16.4. The standard InChI is InChI=1S/C28H37NO3/c1-26-14-7-15-28(3,25(31)32)22(26)12-16-27(2)21(26)11-10-20-18-29(24(30)23(20)27)17-13-19-8-5-4-6-9-19/h4-6,8-9,21-22H,7,10-18H2,1-3H3,(H,31,32)/t21?,22?,26-,27-,28+/m1/s1. The number of amides is 1. The van der Waals surface area contributed by atoms with Gasteiger partial charge in [-0.1, -0.05) is 50.6 Å². The Labute approximate surface area is 192 Å². The quantitative estimate of drug-likeness (QED) is 0.682. The maximum Gasteiger partial charge on any atom is 0.309 e. The lowest BCUT2D eigenvalue weighted by atomic mass is 9.40. The van der Waals surface area contributed by atoms with Crippen LogP contribution in [0.5, 0.6) is 0 Å². The second-order valence-electron chi connectivity index (χ2n) is 11.6. The maximum atomic E-state index is 13.7. The summed E-state index contributed by atoms with van der Waals surface area (Å²) in [5.41, 5.74) is 2.98. The summed E-state index contributed by atoms with van der Waals surface area (Å²) in [6.45, 7) is 8.24. The molecule has 3 aliphatic carbocycles. The monoisotopic (exact) mass is 435 g/mol. The Bertz CT molecular complexity index is 968. The number of fused-ring (bicyclic) bond motifs is 4. The van der Waals surface area contributed by atoms with Crippen molar-refractivity contribution in [3.63, 3.8) is 0 Å². The molecule has 4 aliphatic rings. The lowest BCUT2D eigenvalue weighted by Gasteiger charge is -2.63. The average Bonchev–Trinajstić information content (AvgIpc) is 3.09. The number of rotatable bonds is 4. The van der Waals surface area contributed by atoms with Gasteiger partial charge in [0, 0.05) is 24.1 Å². The predicted molar refractivity (Wildman–Crippen MR) is 125 cm³/mol. The van der Waals surface area contributed by atoms with Crippen LogP contribution in [0.25, 0.3) is 0 Å². The van der Waals surface area contributed by atoms with Crippen LogP contribution >= 0.6 is 0 Å². The molecule has 5 atom stereocenters. The van der Waals surface area contributed by atoms with Crippen molar-refractivity contribution in [2.45, 2.75) is 72.1 Å². The molecule has 2 unspecified atom stereocenters. The summed E-state index contributed by atoms with van der Waals surface area (Å²) in [4.78, 5) is 28.1. The van der Waals surface area contributed by atoms with Crippen molar-refractivity contribution in [3.05, 3.63) is 47.0 Å². The lowest BCUT2D eigenvalue weighted by Crippen LogP contribution is -2.59. The third-order valence-corrected chi connectivity index (χ3v) is 10.0. The molecule has 1 aromatic carbocycles. The van der Waals surface area contributed by atoms with Crippen LogP contribution in [0, 0.1) is 28.1 Å². The summed E-state index contributed by atoms with van der Waals surface area (Å²) in [6, 6.07) is 10.4. The van der Waals surface area contributed by atoms with Crippen molar-refractivity contribution in [1.29, 1.82) is 0 Å². The van der Waals surface area contributed by atoms with Crippen LogP contribution in [0.15, 0.2) is 41.5 Å². The van der Waals surface area contributed by atoms with Crippen LogP contribution in [0.3, 0.4) is 0 Å². The fourth-order valence-electron chi connectivity index (χ4n) is 8.48. The number of carbonyl (C=O) groups is 2. The largest absolute Gasteiger partial charge is 0.481 e. The van der Waals surface area contributed by atoms with E-state index in [1.54, 1.807) is 0 Å². The SMILES string of the molecule is C[C@]12CCC[C@](C)(C(=O)O)C1CC[C@@]1(C)C3=C(CCC21)CN(CCc1ccccc1)C3=O. The first kappa shape index (κ1) is 21.7. The van der Waals surface area contributed by atoms with E-state index in [-0.39, 0.29) is 22.7 Å². The van der Waals surface area contributed by atoms with E-state index in [2.05, 4.69) is 43.0 Å². The average molecular weight is 436 g/mol. The van der Waals surface area contributed by atoms with Crippen molar-refractivity contribution in [2.24, 2.45) is 28.1 Å². The summed E-state index contributed by atoms with van der Waals surface area (Å²) >= 11 is 0. The van der Waals surface area contributed by atoms with Crippen LogP contribution in [0.2, 0.25) is 0 Å². The van der Waals surface area contributed by atoms with E-state index >= 15 is 0 Å². The van der Waals surface area contributed by atoms with Gasteiger partial charge in [0.2, 0.25) is 0 Å². The molecule has 2 saturated carbocycles. The van der Waals surface area contributed by atoms with Crippen LogP contribution in [-0.2, 0) is 16.0 Å². The Morgan fingerprint density at radius 2 is 1.81 bits per heavy atom. The molecule has 32 heavy (non-hydrogen) atoms. The number of aliphatic carboxylic acids is 1. The topological polar surface area (TPSA) is 57.6 Å². The van der Waals surface area contributed by atoms with Crippen molar-refractivity contribution in [3.8, 4) is 0 Å². The minimum atomic E-state index is -0.635. The number of nitrogens with zero attached hydrogens (tertiary/aromatic N) is 1. The maximum absolute atomic E-state index is 13.7. The second kappa shape index (κ2) is 7.46. The first-order valence-electron chi connectivity index (χ1n) is 12.5. The number of hydrogen-bond donors (Lipinski definition) is 1. The normalized spacial score (nSPS) is 38.8. The van der Waals surface area contributed by atoms with Crippen LogP contribution in [-0.4, -0.2) is 35.0 Å². The van der Waals surface area contributed by atoms with Gasteiger partial charge in [0.05, 0.1) is 5.41 Å². The summed E-state index contributed by atoms with van der Waals surface area (Å²) in [5, 5.41) is 10.1. The number of benzene rings is 1. The van der Waals surface area contributed by atoms with Gasteiger partial charge in [0.15, 0.2) is 0 Å². The number of carbonyl (C=O) groups excluding carboxylic acids is 1. The van der Waals surface area contributed by atoms with Gasteiger partial charge in [-0.15, -0.1) is 0 Å². The molecule has 0 aromatic heterocycles. The number of carboxylic acids is 1. The molecule has 0 radical (unpaired) electrons. The zero-order valence-corrected chi connectivity index (χ0v) is 19.8. The molecule has 1 aliphatic heterocycles. The highest BCUT2D eigenvalue weighted by Gasteiger charge is 2.64. The number of hydrogen-bond acceptors (Lipinski definition) is 2. The summed E-state index contributed by atoms with van der Waals surface area (Å²) < 4.78 is 0. The molecule has 5 rings (SSSR count). The molecule has 1 aromatic rings. The molecule has 0 spiro atoms. The first-order chi connectivity index (χ1) is 15.2. The molecule has 4 heteroatoms. The molecule has 1 heterocycles. The summed E-state index contributed by atoms with van der Waals surface area (Å²) in [5.74, 6) is 0.218. The molecule has 0 saturated heterocycles. The Morgan fingerprint density at radius 3 is 2.53 bits per heavy atom. The highest BCUT2D eigenvalue weighted by molar-refractivity contribution is 5.98. The molecular weight excluding hydrogens is 398 g/mol. The van der Waals surface area contributed by atoms with Crippen molar-refractivity contribution >= 4 is 11.9 Å². The van der Waals surface area contributed by atoms with Crippen LogP contribution in [0.1, 0.15) is 71.3 Å². The van der Waals surface area contributed by atoms with E-state index in [0.717, 1.165) is 70.0 Å². The number of carboxylic acid groups (broad SMARTS) is 1. The molecule has 1 amide bonds. The van der Waals surface area contributed by atoms with Crippen molar-refractivity contribution in [1.82, 2.24) is 4.90 Å². The van der Waals surface area contributed by atoms with Gasteiger partial charge in [-0.25, -0.2) is 0 Å². The van der Waals surface area contributed by atoms with E-state index in [4.69, 9.17) is 0 Å². The van der Waals surface area contributed by atoms with Crippen molar-refractivity contribution < 1.29 is 14.7 Å². The van der Waals surface area contributed by atoms with E-state index in [0.29, 0.717) is 5.92 Å². The fourth-order valence-corrected chi connectivity index (χ4v) is 8.48. The zero-order chi connectivity index (χ0) is 22.7. The second-order valence-corrected chi connectivity index (χ2v) is 11.6. The fraction of sp³-hybridized carbons (Fsp3) is 0.643. The summed E-state index contributed by atoms with van der Waals surface area (Å²) in [7, 11) is 0. The van der Waals surface area contributed by atoms with Crippen LogP contribution in [0.4, 0.5) is 0 Å². The summed E-state index contributed by atoms with van der Waals surface area (Å²) in [6.07, 6.45) is 7.70. The highest BCUT2D eigenvalue weighted by Crippen LogP contribution is 2.69. The van der Waals surface area contributed by atoms with Gasteiger partial charge in [0.25, 0.3) is 5.91 Å². The van der Waals surface area contributed by atoms with Crippen LogP contribution < -0.4 is 0 Å². The third-order valence-electron chi connectivity index (χ3n) is 10.0. The molecule has 1 N–H and O–H groups in total.